The van der Waals surface area contributed by atoms with Gasteiger partial charge in [-0.1, -0.05) is 6.07 Å². The van der Waals surface area contributed by atoms with Crippen LogP contribution in [0.1, 0.15) is 24.0 Å². The average Bonchev–Trinajstić information content (AvgIpc) is 2.77. The van der Waals surface area contributed by atoms with Gasteiger partial charge < -0.3 is 14.4 Å². The third-order valence-corrected chi connectivity index (χ3v) is 6.72. The van der Waals surface area contributed by atoms with Crippen LogP contribution in [0.5, 0.6) is 5.75 Å². The lowest BCUT2D eigenvalue weighted by molar-refractivity contribution is -0.134. The average molecular weight is 399 g/mol. The molecule has 0 saturated carbocycles. The minimum atomic E-state index is 0.208. The highest BCUT2D eigenvalue weighted by molar-refractivity contribution is 8.00. The molecule has 148 valence electrons. The van der Waals surface area contributed by atoms with Crippen LogP contribution in [0.4, 0.5) is 0 Å². The van der Waals surface area contributed by atoms with Gasteiger partial charge in [0.05, 0.1) is 12.9 Å². The Labute approximate surface area is 170 Å². The third-order valence-electron chi connectivity index (χ3n) is 5.73. The van der Waals surface area contributed by atoms with Crippen LogP contribution in [0.3, 0.4) is 0 Å². The molecule has 0 bridgehead atoms. The van der Waals surface area contributed by atoms with E-state index in [-0.39, 0.29) is 11.9 Å². The number of benzene rings is 1. The molecular formula is C22H26N2O3S. The van der Waals surface area contributed by atoms with E-state index in [1.54, 1.807) is 31.3 Å². The minimum absolute atomic E-state index is 0.208. The van der Waals surface area contributed by atoms with Crippen molar-refractivity contribution in [1.82, 2.24) is 9.88 Å². The van der Waals surface area contributed by atoms with Crippen molar-refractivity contribution in [3.63, 3.8) is 0 Å². The van der Waals surface area contributed by atoms with Crippen molar-refractivity contribution in [2.75, 3.05) is 26.1 Å². The molecule has 4 rings (SSSR count). The number of ether oxygens (including phenoxy) is 2. The molecule has 2 aliphatic heterocycles. The molecule has 2 aromatic rings. The smallest absolute Gasteiger partial charge is 0.233 e. The Morgan fingerprint density at radius 2 is 2.00 bits per heavy atom. The summed E-state index contributed by atoms with van der Waals surface area (Å²) in [5, 5.41) is 0. The number of pyridine rings is 1. The molecule has 1 atom stereocenters. The molecule has 3 heterocycles. The Morgan fingerprint density at radius 1 is 1.21 bits per heavy atom. The summed E-state index contributed by atoms with van der Waals surface area (Å²) in [5.41, 5.74) is 2.54. The highest BCUT2D eigenvalue weighted by Gasteiger charge is 2.35. The van der Waals surface area contributed by atoms with Crippen molar-refractivity contribution in [3.8, 4) is 5.75 Å². The largest absolute Gasteiger partial charge is 0.497 e. The quantitative estimate of drug-likeness (QED) is 0.721. The Bertz CT molecular complexity index is 809. The monoisotopic (exact) mass is 398 g/mol. The Hall–Kier alpha value is -2.05. The number of amides is 1. The summed E-state index contributed by atoms with van der Waals surface area (Å²) in [6.07, 6.45) is 6.46. The number of methoxy groups -OCH3 is 1. The molecule has 1 amide bonds. The van der Waals surface area contributed by atoms with Crippen LogP contribution in [0.15, 0.2) is 47.6 Å². The Morgan fingerprint density at radius 3 is 2.75 bits per heavy atom. The number of rotatable bonds is 5. The fourth-order valence-electron chi connectivity index (χ4n) is 4.17. The van der Waals surface area contributed by atoms with Crippen molar-refractivity contribution in [3.05, 3.63) is 53.9 Å². The summed E-state index contributed by atoms with van der Waals surface area (Å²) in [4.78, 5) is 20.4. The summed E-state index contributed by atoms with van der Waals surface area (Å²) in [5.74, 6) is 2.04. The first-order chi connectivity index (χ1) is 13.7. The molecule has 5 nitrogen and oxygen atoms in total. The van der Waals surface area contributed by atoms with Crippen LogP contribution < -0.4 is 4.74 Å². The topological polar surface area (TPSA) is 51.7 Å². The molecule has 1 fully saturated rings. The van der Waals surface area contributed by atoms with E-state index in [0.29, 0.717) is 18.2 Å². The van der Waals surface area contributed by atoms with Gasteiger partial charge in [-0.25, -0.2) is 0 Å². The molecule has 6 heteroatoms. The van der Waals surface area contributed by atoms with Gasteiger partial charge in [0, 0.05) is 43.1 Å². The van der Waals surface area contributed by atoms with E-state index in [4.69, 9.17) is 9.47 Å². The van der Waals surface area contributed by atoms with Gasteiger partial charge in [0.25, 0.3) is 0 Å². The van der Waals surface area contributed by atoms with Gasteiger partial charge in [0.15, 0.2) is 0 Å². The number of thioether (sulfide) groups is 1. The Balaban J connectivity index is 1.53. The second kappa shape index (κ2) is 8.97. The molecule has 1 aromatic heterocycles. The third kappa shape index (κ3) is 4.33. The van der Waals surface area contributed by atoms with Crippen molar-refractivity contribution in [1.29, 1.82) is 0 Å². The number of carbonyl (C=O) groups is 1. The number of nitrogens with zero attached hydrogens (tertiary/aromatic N) is 2. The van der Waals surface area contributed by atoms with Gasteiger partial charge >= 0.3 is 0 Å². The number of hydrogen-bond donors (Lipinski definition) is 0. The maximum atomic E-state index is 13.2. The summed E-state index contributed by atoms with van der Waals surface area (Å²) >= 11 is 1.58. The standard InChI is InChI=1S/C22H26N2O3S/c1-26-19-3-2-17-14-24(22(25)15-28-20-4-8-23-9-5-20)21(13-18(17)12-19)16-6-10-27-11-7-16/h2-5,8-9,12,16,21H,6-7,10-11,13-15H2,1H3/t21-/m0/s1. The van der Waals surface area contributed by atoms with E-state index in [0.717, 1.165) is 43.1 Å². The Kier molecular flexibility index (Phi) is 6.17. The summed E-state index contributed by atoms with van der Waals surface area (Å²) in [7, 11) is 1.70. The molecular weight excluding hydrogens is 372 g/mol. The van der Waals surface area contributed by atoms with Gasteiger partial charge in [-0.05, 0) is 60.6 Å². The van der Waals surface area contributed by atoms with E-state index in [9.17, 15) is 4.79 Å². The fourth-order valence-corrected chi connectivity index (χ4v) is 4.94. The molecule has 28 heavy (non-hydrogen) atoms. The molecule has 0 aliphatic carbocycles. The second-order valence-electron chi connectivity index (χ2n) is 7.35. The lowest BCUT2D eigenvalue weighted by Crippen LogP contribution is -2.50. The van der Waals surface area contributed by atoms with Crippen molar-refractivity contribution in [2.24, 2.45) is 5.92 Å². The van der Waals surface area contributed by atoms with Crippen LogP contribution in [-0.2, 0) is 22.5 Å². The van der Waals surface area contributed by atoms with E-state index in [1.807, 2.05) is 18.2 Å². The second-order valence-corrected chi connectivity index (χ2v) is 8.40. The molecule has 0 spiro atoms. The van der Waals surface area contributed by atoms with Crippen molar-refractivity contribution < 1.29 is 14.3 Å². The van der Waals surface area contributed by atoms with Crippen molar-refractivity contribution >= 4 is 17.7 Å². The predicted octanol–water partition coefficient (Wildman–Crippen LogP) is 3.56. The number of carbonyl (C=O) groups excluding carboxylic acids is 1. The highest BCUT2D eigenvalue weighted by Crippen LogP contribution is 2.34. The summed E-state index contributed by atoms with van der Waals surface area (Å²) in [6, 6.07) is 10.4. The number of fused-ring (bicyclic) bond motifs is 1. The summed E-state index contributed by atoms with van der Waals surface area (Å²) in [6.45, 7) is 2.26. The van der Waals surface area contributed by atoms with Gasteiger partial charge in [0.1, 0.15) is 5.75 Å². The lowest BCUT2D eigenvalue weighted by Gasteiger charge is -2.42. The zero-order valence-electron chi connectivity index (χ0n) is 16.2. The zero-order chi connectivity index (χ0) is 19.3. The molecule has 1 aromatic carbocycles. The van der Waals surface area contributed by atoms with Gasteiger partial charge in [-0.3, -0.25) is 9.78 Å². The first-order valence-corrected chi connectivity index (χ1v) is 10.8. The van der Waals surface area contributed by atoms with E-state index in [1.165, 1.54) is 11.1 Å². The fraction of sp³-hybridized carbons (Fsp3) is 0.455. The first kappa shape index (κ1) is 19.3. The lowest BCUT2D eigenvalue weighted by atomic mass is 9.82. The maximum absolute atomic E-state index is 13.2. The van der Waals surface area contributed by atoms with E-state index in [2.05, 4.69) is 22.0 Å². The predicted molar refractivity (Wildman–Crippen MR) is 110 cm³/mol. The number of hydrogen-bond acceptors (Lipinski definition) is 5. The van der Waals surface area contributed by atoms with Crippen LogP contribution in [0.2, 0.25) is 0 Å². The number of aromatic nitrogens is 1. The van der Waals surface area contributed by atoms with Crippen LogP contribution in [-0.4, -0.2) is 47.9 Å². The summed E-state index contributed by atoms with van der Waals surface area (Å²) < 4.78 is 11.0. The van der Waals surface area contributed by atoms with Gasteiger partial charge in [-0.2, -0.15) is 0 Å². The van der Waals surface area contributed by atoms with Crippen LogP contribution in [0, 0.1) is 5.92 Å². The van der Waals surface area contributed by atoms with Crippen LogP contribution >= 0.6 is 11.8 Å². The molecule has 1 saturated heterocycles. The van der Waals surface area contributed by atoms with Gasteiger partial charge in [-0.15, -0.1) is 11.8 Å². The molecule has 0 unspecified atom stereocenters. The first-order valence-electron chi connectivity index (χ1n) is 9.80. The van der Waals surface area contributed by atoms with Crippen molar-refractivity contribution in [2.45, 2.75) is 36.7 Å². The molecule has 2 aliphatic rings. The van der Waals surface area contributed by atoms with Gasteiger partial charge in [0.2, 0.25) is 5.91 Å². The molecule has 0 radical (unpaired) electrons. The SMILES string of the molecule is COc1ccc2c(c1)C[C@@H](C1CCOCC1)N(C(=O)CSc1ccncc1)C2. The van der Waals surface area contributed by atoms with E-state index >= 15 is 0 Å². The zero-order valence-corrected chi connectivity index (χ0v) is 17.0. The van der Waals surface area contributed by atoms with Crippen LogP contribution in [0.25, 0.3) is 0 Å². The normalized spacial score (nSPS) is 19.9. The van der Waals surface area contributed by atoms with E-state index < -0.39 is 0 Å². The maximum Gasteiger partial charge on any atom is 0.233 e. The highest BCUT2D eigenvalue weighted by atomic mass is 32.2. The minimum Gasteiger partial charge on any atom is -0.497 e. The molecule has 0 N–H and O–H groups in total.